The fraction of sp³-hybridized carbons (Fsp3) is 0.200. The van der Waals surface area contributed by atoms with E-state index in [1.807, 2.05) is 24.5 Å². The van der Waals surface area contributed by atoms with Gasteiger partial charge in [0.15, 0.2) is 0 Å². The molecule has 0 fully saturated rings. The van der Waals surface area contributed by atoms with Crippen LogP contribution in [-0.4, -0.2) is 15.4 Å². The van der Waals surface area contributed by atoms with Crippen LogP contribution < -0.4 is 11.1 Å². The van der Waals surface area contributed by atoms with Gasteiger partial charge in [-0.2, -0.15) is 0 Å². The van der Waals surface area contributed by atoms with E-state index in [2.05, 4.69) is 11.8 Å². The van der Waals surface area contributed by atoms with Gasteiger partial charge in [0.2, 0.25) is 0 Å². The van der Waals surface area contributed by atoms with E-state index in [0.717, 1.165) is 4.90 Å². The zero-order chi connectivity index (χ0) is 14.5. The van der Waals surface area contributed by atoms with Crippen LogP contribution >= 0.6 is 11.8 Å². The van der Waals surface area contributed by atoms with E-state index in [1.54, 1.807) is 37.1 Å². The highest BCUT2D eigenvalue weighted by molar-refractivity contribution is 7.98. The number of hydrogen-bond acceptors (Lipinski definition) is 3. The van der Waals surface area contributed by atoms with Gasteiger partial charge in [-0.15, -0.1) is 17.7 Å². The van der Waals surface area contributed by atoms with Crippen LogP contribution in [0.15, 0.2) is 51.1 Å². The summed E-state index contributed by atoms with van der Waals surface area (Å²) in [6.07, 6.45) is 5.14. The molecule has 102 valence electrons. The molecular formula is C15H14N2O2S. The summed E-state index contributed by atoms with van der Waals surface area (Å²) in [6.45, 7) is 1.93. The number of benzene rings is 1. The molecule has 0 spiro atoms. The van der Waals surface area contributed by atoms with Crippen LogP contribution in [0.5, 0.6) is 0 Å². The second kappa shape index (κ2) is 6.31. The Bertz CT molecular complexity index is 794. The molecule has 2 rings (SSSR count). The van der Waals surface area contributed by atoms with E-state index in [-0.39, 0.29) is 6.54 Å². The summed E-state index contributed by atoms with van der Waals surface area (Å²) < 4.78 is 2.67. The highest BCUT2D eigenvalue weighted by Crippen LogP contribution is 2.17. The zero-order valence-electron chi connectivity index (χ0n) is 11.3. The van der Waals surface area contributed by atoms with Crippen molar-refractivity contribution in [2.45, 2.75) is 18.4 Å². The van der Waals surface area contributed by atoms with Gasteiger partial charge in [-0.25, -0.2) is 0 Å². The first kappa shape index (κ1) is 14.2. The minimum absolute atomic E-state index is 0.232. The predicted octanol–water partition coefficient (Wildman–Crippen LogP) is 1.74. The summed E-state index contributed by atoms with van der Waals surface area (Å²) >= 11 is 1.58. The van der Waals surface area contributed by atoms with Crippen LogP contribution in [0.2, 0.25) is 0 Å². The molecule has 20 heavy (non-hydrogen) atoms. The maximum atomic E-state index is 12.1. The third kappa shape index (κ3) is 2.86. The summed E-state index contributed by atoms with van der Waals surface area (Å²) in [4.78, 5) is 25.1. The van der Waals surface area contributed by atoms with Gasteiger partial charge in [-0.1, -0.05) is 12.0 Å². The Balaban J connectivity index is 2.53. The summed E-state index contributed by atoms with van der Waals surface area (Å²) in [6, 6.07) is 7.50. The summed E-state index contributed by atoms with van der Waals surface area (Å²) in [7, 11) is 0. The summed E-state index contributed by atoms with van der Waals surface area (Å²) in [5.41, 5.74) is -0.443. The molecule has 0 N–H and O–H groups in total. The van der Waals surface area contributed by atoms with Gasteiger partial charge in [0.25, 0.3) is 0 Å². The van der Waals surface area contributed by atoms with E-state index in [4.69, 9.17) is 0 Å². The topological polar surface area (TPSA) is 44.0 Å². The lowest BCUT2D eigenvalue weighted by atomic mass is 10.3. The van der Waals surface area contributed by atoms with E-state index in [9.17, 15) is 9.59 Å². The van der Waals surface area contributed by atoms with Crippen molar-refractivity contribution in [3.05, 3.63) is 57.4 Å². The molecule has 5 heteroatoms. The lowest BCUT2D eigenvalue weighted by molar-refractivity contribution is 0.743. The average Bonchev–Trinajstić information content (AvgIpc) is 2.49. The minimum Gasteiger partial charge on any atom is -0.298 e. The van der Waals surface area contributed by atoms with Crippen molar-refractivity contribution < 1.29 is 0 Å². The molecule has 1 aromatic carbocycles. The Hall–Kier alpha value is -2.19. The van der Waals surface area contributed by atoms with Crippen LogP contribution in [0.3, 0.4) is 0 Å². The molecule has 1 heterocycles. The molecular weight excluding hydrogens is 272 g/mol. The van der Waals surface area contributed by atoms with Crippen molar-refractivity contribution in [1.82, 2.24) is 9.13 Å². The van der Waals surface area contributed by atoms with E-state index in [1.165, 1.54) is 9.13 Å². The molecule has 4 nitrogen and oxygen atoms in total. The molecule has 0 unspecified atom stereocenters. The van der Waals surface area contributed by atoms with Crippen LogP contribution in [0, 0.1) is 11.8 Å². The normalized spacial score (nSPS) is 9.90. The Morgan fingerprint density at radius 2 is 2.00 bits per heavy atom. The van der Waals surface area contributed by atoms with Gasteiger partial charge in [-0.3, -0.25) is 18.7 Å². The number of thioether (sulfide) groups is 1. The Morgan fingerprint density at radius 3 is 2.70 bits per heavy atom. The second-order valence-electron chi connectivity index (χ2n) is 4.03. The van der Waals surface area contributed by atoms with Crippen LogP contribution in [0.1, 0.15) is 6.92 Å². The van der Waals surface area contributed by atoms with Crippen molar-refractivity contribution >= 4 is 11.8 Å². The smallest absolute Gasteiger partial charge is 0.298 e. The number of nitrogens with zero attached hydrogens (tertiary/aromatic N) is 2. The SMILES string of the molecule is CC#CCn1ccn(-c2cccc(SC)c2)c(=O)c1=O. The zero-order valence-corrected chi connectivity index (χ0v) is 12.1. The molecule has 0 aliphatic rings. The average molecular weight is 286 g/mol. The van der Waals surface area contributed by atoms with Crippen molar-refractivity contribution in [1.29, 1.82) is 0 Å². The maximum absolute atomic E-state index is 12.1. The van der Waals surface area contributed by atoms with Crippen molar-refractivity contribution in [3.63, 3.8) is 0 Å². The number of aromatic nitrogens is 2. The Kier molecular flexibility index (Phi) is 4.49. The predicted molar refractivity (Wildman–Crippen MR) is 81.5 cm³/mol. The maximum Gasteiger partial charge on any atom is 0.321 e. The quantitative estimate of drug-likeness (QED) is 0.490. The molecule has 0 saturated carbocycles. The molecule has 2 aromatic rings. The van der Waals surface area contributed by atoms with Crippen LogP contribution in [0.4, 0.5) is 0 Å². The lowest BCUT2D eigenvalue weighted by Crippen LogP contribution is -2.39. The number of rotatable bonds is 3. The van der Waals surface area contributed by atoms with Gasteiger partial charge >= 0.3 is 11.1 Å². The lowest BCUT2D eigenvalue weighted by Gasteiger charge is -2.08. The van der Waals surface area contributed by atoms with Crippen molar-refractivity contribution in [3.8, 4) is 17.5 Å². The Morgan fingerprint density at radius 1 is 1.20 bits per heavy atom. The highest BCUT2D eigenvalue weighted by atomic mass is 32.2. The first-order chi connectivity index (χ1) is 9.67. The van der Waals surface area contributed by atoms with Gasteiger partial charge in [-0.05, 0) is 31.4 Å². The third-order valence-electron chi connectivity index (χ3n) is 2.82. The first-order valence-electron chi connectivity index (χ1n) is 6.03. The fourth-order valence-corrected chi connectivity index (χ4v) is 2.21. The van der Waals surface area contributed by atoms with Crippen molar-refractivity contribution in [2.24, 2.45) is 0 Å². The van der Waals surface area contributed by atoms with Crippen molar-refractivity contribution in [2.75, 3.05) is 6.26 Å². The van der Waals surface area contributed by atoms with Gasteiger partial charge in [0.1, 0.15) is 0 Å². The molecule has 0 atom stereocenters. The monoisotopic (exact) mass is 286 g/mol. The van der Waals surface area contributed by atoms with E-state index >= 15 is 0 Å². The third-order valence-corrected chi connectivity index (χ3v) is 3.54. The highest BCUT2D eigenvalue weighted by Gasteiger charge is 2.06. The first-order valence-corrected chi connectivity index (χ1v) is 7.26. The van der Waals surface area contributed by atoms with E-state index in [0.29, 0.717) is 5.69 Å². The number of hydrogen-bond donors (Lipinski definition) is 0. The summed E-state index contributed by atoms with van der Waals surface area (Å²) in [5.74, 6) is 5.47. The Labute approximate surface area is 121 Å². The van der Waals surface area contributed by atoms with Gasteiger partial charge in [0, 0.05) is 23.0 Å². The summed E-state index contributed by atoms with van der Waals surface area (Å²) in [5, 5.41) is 0. The van der Waals surface area contributed by atoms with Crippen LogP contribution in [-0.2, 0) is 6.54 Å². The largest absolute Gasteiger partial charge is 0.321 e. The van der Waals surface area contributed by atoms with Crippen LogP contribution in [0.25, 0.3) is 5.69 Å². The molecule has 0 saturated heterocycles. The minimum atomic E-state index is -0.566. The molecule has 0 amide bonds. The van der Waals surface area contributed by atoms with E-state index < -0.39 is 11.1 Å². The van der Waals surface area contributed by atoms with Gasteiger partial charge in [0.05, 0.1) is 6.54 Å². The molecule has 0 aliphatic carbocycles. The molecule has 0 bridgehead atoms. The molecule has 0 aliphatic heterocycles. The van der Waals surface area contributed by atoms with Gasteiger partial charge < -0.3 is 0 Å². The second-order valence-corrected chi connectivity index (χ2v) is 4.91. The molecule has 1 aromatic heterocycles. The fourth-order valence-electron chi connectivity index (χ4n) is 1.76. The standard InChI is InChI=1S/C15H14N2O2S/c1-3-4-8-16-9-10-17(15(19)14(16)18)12-6-5-7-13(11-12)20-2/h5-7,9-11H,8H2,1-2H3. The molecule has 0 radical (unpaired) electrons.